The molecule has 3 aromatic rings. The first-order valence-electron chi connectivity index (χ1n) is 8.88. The quantitative estimate of drug-likeness (QED) is 0.604. The number of nitrogens with two attached hydrogens (primary N) is 1. The van der Waals surface area contributed by atoms with Gasteiger partial charge >= 0.3 is 0 Å². The van der Waals surface area contributed by atoms with Crippen molar-refractivity contribution in [1.82, 2.24) is 20.2 Å². The van der Waals surface area contributed by atoms with Crippen molar-refractivity contribution in [3.63, 3.8) is 0 Å². The first kappa shape index (κ1) is 18.2. The van der Waals surface area contributed by atoms with E-state index in [9.17, 15) is 0 Å². The maximum Gasteiger partial charge on any atom is 0.158 e. The number of aromatic amines is 1. The van der Waals surface area contributed by atoms with Crippen molar-refractivity contribution in [3.8, 4) is 23.1 Å². The van der Waals surface area contributed by atoms with Crippen LogP contribution in [0.3, 0.4) is 0 Å². The molecule has 2 heterocycles. The second-order valence-corrected chi connectivity index (χ2v) is 7.03. The lowest BCUT2D eigenvalue weighted by atomic mass is 10.1. The lowest BCUT2D eigenvalue weighted by molar-refractivity contribution is 0.209. The molecule has 4 rings (SSSR count). The largest absolute Gasteiger partial charge is 0.488 e. The highest BCUT2D eigenvalue weighted by atomic mass is 35.5. The van der Waals surface area contributed by atoms with Crippen LogP contribution >= 0.6 is 11.6 Å². The highest BCUT2D eigenvalue weighted by molar-refractivity contribution is 6.32. The van der Waals surface area contributed by atoms with E-state index in [0.29, 0.717) is 22.4 Å². The zero-order valence-corrected chi connectivity index (χ0v) is 15.6. The third-order valence-corrected chi connectivity index (χ3v) is 4.86. The number of hydrogen-bond donors (Lipinski definition) is 3. The monoisotopic (exact) mass is 395 g/mol. The third-order valence-electron chi connectivity index (χ3n) is 4.57. The summed E-state index contributed by atoms with van der Waals surface area (Å²) in [5.41, 5.74) is 7.82. The number of nitrogens with one attached hydrogen (secondary N) is 2. The minimum absolute atomic E-state index is 0.0584. The van der Waals surface area contributed by atoms with Gasteiger partial charge in [-0.25, -0.2) is 9.97 Å². The Hall–Kier alpha value is -3.15. The Kier molecular flexibility index (Phi) is 5.10. The molecule has 0 bridgehead atoms. The van der Waals surface area contributed by atoms with Gasteiger partial charge < -0.3 is 15.8 Å². The number of rotatable bonds is 5. The molecule has 1 fully saturated rings. The summed E-state index contributed by atoms with van der Waals surface area (Å²) < 4.78 is 6.18. The van der Waals surface area contributed by atoms with E-state index >= 15 is 0 Å². The first-order valence-corrected chi connectivity index (χ1v) is 9.26. The SMILES string of the molecule is N#Cc1cnc(Nc2cc(-c3cccc(Cl)c3O[C@@H]3CC[C@H](N)C3)[nH]n2)cn1. The number of nitrogens with zero attached hydrogens (tertiary/aromatic N) is 4. The van der Waals surface area contributed by atoms with Gasteiger partial charge in [0.2, 0.25) is 0 Å². The van der Waals surface area contributed by atoms with E-state index in [0.717, 1.165) is 30.5 Å². The van der Waals surface area contributed by atoms with E-state index in [1.54, 1.807) is 6.07 Å². The van der Waals surface area contributed by atoms with E-state index in [1.165, 1.54) is 12.4 Å². The summed E-state index contributed by atoms with van der Waals surface area (Å²) in [4.78, 5) is 8.10. The Bertz CT molecular complexity index is 1010. The smallest absolute Gasteiger partial charge is 0.158 e. The van der Waals surface area contributed by atoms with Gasteiger partial charge in [0.15, 0.2) is 11.5 Å². The third kappa shape index (κ3) is 3.91. The Morgan fingerprint density at radius 1 is 1.25 bits per heavy atom. The molecular formula is C19H18ClN7O. The summed E-state index contributed by atoms with van der Waals surface area (Å²) in [7, 11) is 0. The van der Waals surface area contributed by atoms with Gasteiger partial charge in [-0.1, -0.05) is 17.7 Å². The molecule has 0 spiro atoms. The second kappa shape index (κ2) is 7.84. The van der Waals surface area contributed by atoms with Crippen molar-refractivity contribution in [2.24, 2.45) is 5.73 Å². The fourth-order valence-electron chi connectivity index (χ4n) is 3.19. The predicted octanol–water partition coefficient (Wildman–Crippen LogP) is 3.39. The molecule has 1 aliphatic rings. The zero-order valence-electron chi connectivity index (χ0n) is 14.9. The van der Waals surface area contributed by atoms with Crippen molar-refractivity contribution >= 4 is 23.2 Å². The summed E-state index contributed by atoms with van der Waals surface area (Å²) >= 11 is 6.41. The van der Waals surface area contributed by atoms with Crippen molar-refractivity contribution in [2.45, 2.75) is 31.4 Å². The molecule has 2 aromatic heterocycles. The molecule has 142 valence electrons. The van der Waals surface area contributed by atoms with E-state index in [4.69, 9.17) is 27.3 Å². The van der Waals surface area contributed by atoms with Crippen molar-refractivity contribution in [3.05, 3.63) is 47.4 Å². The Morgan fingerprint density at radius 2 is 2.14 bits per heavy atom. The Balaban J connectivity index is 1.56. The van der Waals surface area contributed by atoms with Crippen molar-refractivity contribution in [1.29, 1.82) is 5.26 Å². The number of halogens is 1. The molecule has 1 saturated carbocycles. The van der Waals surface area contributed by atoms with Gasteiger partial charge in [-0.15, -0.1) is 0 Å². The van der Waals surface area contributed by atoms with Crippen LogP contribution in [0.4, 0.5) is 11.6 Å². The number of ether oxygens (including phenoxy) is 1. The van der Waals surface area contributed by atoms with Gasteiger partial charge in [0.25, 0.3) is 0 Å². The lowest BCUT2D eigenvalue weighted by Crippen LogP contribution is -2.19. The standard InChI is InChI=1S/C19H18ClN7O/c20-15-3-1-2-14(19(15)28-13-5-4-11(22)6-13)16-7-17(27-26-16)25-18-10-23-12(8-21)9-24-18/h1-3,7,9-11,13H,4-6,22H2,(H2,24,25,26,27)/t11-,13+/m0/s1. The molecule has 1 aliphatic carbocycles. The zero-order chi connectivity index (χ0) is 19.5. The summed E-state index contributed by atoms with van der Waals surface area (Å²) in [6.45, 7) is 0. The normalized spacial score (nSPS) is 18.6. The first-order chi connectivity index (χ1) is 13.6. The number of para-hydroxylation sites is 1. The molecular weight excluding hydrogens is 378 g/mol. The predicted molar refractivity (Wildman–Crippen MR) is 105 cm³/mol. The fraction of sp³-hybridized carbons (Fsp3) is 0.263. The lowest BCUT2D eigenvalue weighted by Gasteiger charge is -2.17. The average molecular weight is 396 g/mol. The maximum absolute atomic E-state index is 8.79. The minimum atomic E-state index is 0.0584. The summed E-state index contributed by atoms with van der Waals surface area (Å²) in [6, 6.07) is 9.53. The van der Waals surface area contributed by atoms with Crippen LogP contribution in [0.25, 0.3) is 11.3 Å². The van der Waals surface area contributed by atoms with E-state index in [-0.39, 0.29) is 17.8 Å². The van der Waals surface area contributed by atoms with Crippen LogP contribution in [0, 0.1) is 11.3 Å². The molecule has 0 amide bonds. The molecule has 0 radical (unpaired) electrons. The molecule has 1 aromatic carbocycles. The van der Waals surface area contributed by atoms with Crippen LogP contribution in [0.15, 0.2) is 36.7 Å². The van der Waals surface area contributed by atoms with E-state index in [1.807, 2.05) is 24.3 Å². The second-order valence-electron chi connectivity index (χ2n) is 6.62. The van der Waals surface area contributed by atoms with Gasteiger partial charge in [0.1, 0.15) is 23.7 Å². The minimum Gasteiger partial charge on any atom is -0.488 e. The fourth-order valence-corrected chi connectivity index (χ4v) is 3.41. The molecule has 0 saturated heterocycles. The summed E-state index contributed by atoms with van der Waals surface area (Å²) in [5.74, 6) is 1.67. The van der Waals surface area contributed by atoms with Crippen LogP contribution in [0.5, 0.6) is 5.75 Å². The van der Waals surface area contributed by atoms with Gasteiger partial charge in [-0.2, -0.15) is 10.4 Å². The number of hydrogen-bond acceptors (Lipinski definition) is 7. The van der Waals surface area contributed by atoms with Crippen molar-refractivity contribution in [2.75, 3.05) is 5.32 Å². The van der Waals surface area contributed by atoms with Crippen LogP contribution in [-0.4, -0.2) is 32.3 Å². The van der Waals surface area contributed by atoms with Crippen molar-refractivity contribution < 1.29 is 4.74 Å². The van der Waals surface area contributed by atoms with Crippen LogP contribution in [0.2, 0.25) is 5.02 Å². The number of benzene rings is 1. The van der Waals surface area contributed by atoms with Gasteiger partial charge in [-0.3, -0.25) is 5.10 Å². The summed E-state index contributed by atoms with van der Waals surface area (Å²) in [6.07, 6.45) is 5.61. The molecule has 28 heavy (non-hydrogen) atoms. The van der Waals surface area contributed by atoms with E-state index < -0.39 is 0 Å². The van der Waals surface area contributed by atoms with Gasteiger partial charge in [0.05, 0.1) is 23.1 Å². The van der Waals surface area contributed by atoms with Crippen LogP contribution < -0.4 is 15.8 Å². The Morgan fingerprint density at radius 3 is 2.86 bits per heavy atom. The van der Waals surface area contributed by atoms with Crippen LogP contribution in [-0.2, 0) is 0 Å². The molecule has 2 atom stereocenters. The topological polar surface area (TPSA) is 126 Å². The number of nitriles is 1. The molecule has 9 heteroatoms. The average Bonchev–Trinajstić information content (AvgIpc) is 3.33. The molecule has 0 aliphatic heterocycles. The van der Waals surface area contributed by atoms with Gasteiger partial charge in [-0.05, 0) is 31.4 Å². The van der Waals surface area contributed by atoms with E-state index in [2.05, 4.69) is 25.5 Å². The Labute approximate surface area is 166 Å². The highest BCUT2D eigenvalue weighted by Gasteiger charge is 2.25. The number of anilines is 2. The molecule has 8 nitrogen and oxygen atoms in total. The molecule has 0 unspecified atom stereocenters. The number of H-pyrrole nitrogens is 1. The van der Waals surface area contributed by atoms with Gasteiger partial charge in [0, 0.05) is 17.7 Å². The number of aromatic nitrogens is 4. The molecule has 4 N–H and O–H groups in total. The maximum atomic E-state index is 8.79. The highest BCUT2D eigenvalue weighted by Crippen LogP contribution is 2.38. The van der Waals surface area contributed by atoms with Crippen LogP contribution in [0.1, 0.15) is 25.0 Å². The summed E-state index contributed by atoms with van der Waals surface area (Å²) in [5, 5.41) is 19.6.